The van der Waals surface area contributed by atoms with Gasteiger partial charge in [-0.3, -0.25) is 14.4 Å². The molecule has 156 valence electrons. The molecule has 4 nitrogen and oxygen atoms in total. The van der Waals surface area contributed by atoms with Crippen LogP contribution in [0.15, 0.2) is 66.7 Å². The summed E-state index contributed by atoms with van der Waals surface area (Å²) < 4.78 is 0. The third-order valence-electron chi connectivity index (χ3n) is 6.06. The molecular formula is C27H25NO3. The van der Waals surface area contributed by atoms with Crippen LogP contribution in [-0.2, 0) is 6.42 Å². The lowest BCUT2D eigenvalue weighted by Crippen LogP contribution is -2.29. The van der Waals surface area contributed by atoms with Gasteiger partial charge in [0.05, 0.1) is 16.8 Å². The predicted molar refractivity (Wildman–Crippen MR) is 122 cm³/mol. The van der Waals surface area contributed by atoms with Gasteiger partial charge in [0.25, 0.3) is 11.8 Å². The fraction of sp³-hybridized carbons (Fsp3) is 0.222. The van der Waals surface area contributed by atoms with Crippen LogP contribution in [0, 0.1) is 0 Å². The molecule has 31 heavy (non-hydrogen) atoms. The van der Waals surface area contributed by atoms with Crippen LogP contribution in [0.4, 0.5) is 5.69 Å². The number of amides is 2. The summed E-state index contributed by atoms with van der Waals surface area (Å²) in [5.41, 5.74) is 5.25. The molecule has 2 amide bonds. The van der Waals surface area contributed by atoms with Gasteiger partial charge in [0.2, 0.25) is 0 Å². The summed E-state index contributed by atoms with van der Waals surface area (Å²) in [7, 11) is 0. The first-order chi connectivity index (χ1) is 14.9. The molecule has 1 aliphatic heterocycles. The lowest BCUT2D eigenvalue weighted by atomic mass is 9.96. The highest BCUT2D eigenvalue weighted by Crippen LogP contribution is 2.30. The summed E-state index contributed by atoms with van der Waals surface area (Å²) in [6.07, 6.45) is 1.90. The Hall–Kier alpha value is -3.53. The quantitative estimate of drug-likeness (QED) is 0.381. The summed E-state index contributed by atoms with van der Waals surface area (Å²) in [5, 5.41) is 0. The zero-order valence-electron chi connectivity index (χ0n) is 18.0. The number of imide groups is 1. The van der Waals surface area contributed by atoms with E-state index < -0.39 is 5.91 Å². The van der Waals surface area contributed by atoms with Gasteiger partial charge in [0.15, 0.2) is 5.78 Å². The minimum Gasteiger partial charge on any atom is -0.295 e. The van der Waals surface area contributed by atoms with Crippen LogP contribution in [0.2, 0.25) is 0 Å². The van der Waals surface area contributed by atoms with Crippen LogP contribution in [-0.4, -0.2) is 17.6 Å². The average Bonchev–Trinajstić information content (AvgIpc) is 3.04. The first-order valence-electron chi connectivity index (χ1n) is 10.6. The minimum atomic E-state index is -0.392. The van der Waals surface area contributed by atoms with E-state index in [9.17, 15) is 14.4 Å². The molecule has 0 N–H and O–H groups in total. The van der Waals surface area contributed by atoms with Gasteiger partial charge in [-0.15, -0.1) is 0 Å². The minimum absolute atomic E-state index is 0.136. The van der Waals surface area contributed by atoms with Crippen molar-refractivity contribution in [2.75, 3.05) is 4.90 Å². The number of hydrogen-bond donors (Lipinski definition) is 0. The van der Waals surface area contributed by atoms with Crippen LogP contribution >= 0.6 is 0 Å². The molecule has 1 heterocycles. The molecule has 0 spiro atoms. The molecule has 3 aromatic carbocycles. The number of Topliss-reactive ketones (excluding diaryl/α,β-unsaturated/α-hetero) is 1. The summed E-state index contributed by atoms with van der Waals surface area (Å²) in [5.74, 6) is -0.331. The maximum Gasteiger partial charge on any atom is 0.266 e. The highest BCUT2D eigenvalue weighted by Gasteiger charge is 2.36. The number of hydrogen-bond acceptors (Lipinski definition) is 3. The van der Waals surface area contributed by atoms with E-state index in [1.807, 2.05) is 12.1 Å². The van der Waals surface area contributed by atoms with E-state index in [1.54, 1.807) is 24.3 Å². The Morgan fingerprint density at radius 1 is 0.839 bits per heavy atom. The summed E-state index contributed by atoms with van der Waals surface area (Å²) in [6.45, 7) is 5.86. The molecule has 0 radical (unpaired) electrons. The highest BCUT2D eigenvalue weighted by atomic mass is 16.2. The van der Waals surface area contributed by atoms with Gasteiger partial charge < -0.3 is 0 Å². The lowest BCUT2D eigenvalue weighted by molar-refractivity contribution is 0.0925. The number of rotatable bonds is 6. The monoisotopic (exact) mass is 411 g/mol. The van der Waals surface area contributed by atoms with Crippen LogP contribution in [0.5, 0.6) is 0 Å². The van der Waals surface area contributed by atoms with Crippen molar-refractivity contribution in [1.29, 1.82) is 0 Å². The molecule has 0 unspecified atom stereocenters. The predicted octanol–water partition coefficient (Wildman–Crippen LogP) is 5.79. The van der Waals surface area contributed by atoms with Crippen molar-refractivity contribution < 1.29 is 14.4 Å². The standard InChI is InChI=1S/C27H25NO3/c1-4-17(2)21-9-5-19(6-10-21)15-20-7-12-23(13-8-20)28-26(30)24-14-11-22(18(3)29)16-25(24)27(28)31/h5-14,16-17H,4,15H2,1-3H3/t17-/m1/s1. The van der Waals surface area contributed by atoms with E-state index in [1.165, 1.54) is 29.0 Å². The number of nitrogens with zero attached hydrogens (tertiary/aromatic N) is 1. The second-order valence-electron chi connectivity index (χ2n) is 8.16. The Morgan fingerprint density at radius 2 is 1.42 bits per heavy atom. The van der Waals surface area contributed by atoms with Crippen molar-refractivity contribution in [1.82, 2.24) is 0 Å². The Kier molecular flexibility index (Phi) is 5.55. The normalized spacial score (nSPS) is 14.0. The molecule has 4 rings (SSSR count). The second kappa shape index (κ2) is 8.31. The van der Waals surface area contributed by atoms with Gasteiger partial charge in [-0.1, -0.05) is 56.3 Å². The van der Waals surface area contributed by atoms with Crippen LogP contribution < -0.4 is 4.90 Å². The molecule has 1 atom stereocenters. The molecule has 4 heteroatoms. The fourth-order valence-corrected chi connectivity index (χ4v) is 3.89. The molecule has 0 aromatic heterocycles. The Labute approximate surface area is 182 Å². The maximum atomic E-state index is 12.9. The maximum absolute atomic E-state index is 12.9. The SMILES string of the molecule is CC[C@@H](C)c1ccc(Cc2ccc(N3C(=O)c4ccc(C(C)=O)cc4C3=O)cc2)cc1. The van der Waals surface area contributed by atoms with Gasteiger partial charge in [-0.2, -0.15) is 0 Å². The Morgan fingerprint density at radius 3 is 2.00 bits per heavy atom. The van der Waals surface area contributed by atoms with Crippen LogP contribution in [0.3, 0.4) is 0 Å². The number of carbonyl (C=O) groups is 3. The van der Waals surface area contributed by atoms with Gasteiger partial charge >= 0.3 is 0 Å². The molecule has 0 bridgehead atoms. The van der Waals surface area contributed by atoms with Gasteiger partial charge in [0, 0.05) is 5.56 Å². The van der Waals surface area contributed by atoms with E-state index in [2.05, 4.69) is 38.1 Å². The van der Waals surface area contributed by atoms with E-state index in [4.69, 9.17) is 0 Å². The summed E-state index contributed by atoms with van der Waals surface area (Å²) >= 11 is 0. The van der Waals surface area contributed by atoms with Crippen molar-refractivity contribution >= 4 is 23.3 Å². The topological polar surface area (TPSA) is 54.5 Å². The smallest absolute Gasteiger partial charge is 0.266 e. The molecule has 0 fully saturated rings. The lowest BCUT2D eigenvalue weighted by Gasteiger charge is -2.14. The number of benzene rings is 3. The zero-order chi connectivity index (χ0) is 22.1. The Balaban J connectivity index is 1.52. The molecule has 0 saturated carbocycles. The largest absolute Gasteiger partial charge is 0.295 e. The van der Waals surface area contributed by atoms with Gasteiger partial charge in [0.1, 0.15) is 0 Å². The van der Waals surface area contributed by atoms with E-state index in [-0.39, 0.29) is 17.3 Å². The van der Waals surface area contributed by atoms with Crippen molar-refractivity contribution in [2.24, 2.45) is 0 Å². The molecular weight excluding hydrogens is 386 g/mol. The number of fused-ring (bicyclic) bond motifs is 1. The van der Waals surface area contributed by atoms with Crippen molar-refractivity contribution in [2.45, 2.75) is 39.5 Å². The van der Waals surface area contributed by atoms with E-state index in [0.29, 0.717) is 22.7 Å². The highest BCUT2D eigenvalue weighted by molar-refractivity contribution is 6.34. The van der Waals surface area contributed by atoms with Crippen molar-refractivity contribution in [3.8, 4) is 0 Å². The fourth-order valence-electron chi connectivity index (χ4n) is 3.89. The number of anilines is 1. The summed E-state index contributed by atoms with van der Waals surface area (Å²) in [6, 6.07) is 20.8. The number of ketones is 1. The van der Waals surface area contributed by atoms with Crippen molar-refractivity contribution in [3.05, 3.63) is 100 Å². The van der Waals surface area contributed by atoms with E-state index >= 15 is 0 Å². The zero-order valence-corrected chi connectivity index (χ0v) is 18.0. The van der Waals surface area contributed by atoms with Crippen LogP contribution in [0.1, 0.15) is 80.9 Å². The molecule has 0 aliphatic carbocycles. The average molecular weight is 412 g/mol. The summed E-state index contributed by atoms with van der Waals surface area (Å²) in [4.78, 5) is 38.5. The van der Waals surface area contributed by atoms with E-state index in [0.717, 1.165) is 18.4 Å². The Bertz CT molecular complexity index is 1160. The number of carbonyl (C=O) groups excluding carboxylic acids is 3. The molecule has 1 aliphatic rings. The van der Waals surface area contributed by atoms with Crippen LogP contribution in [0.25, 0.3) is 0 Å². The van der Waals surface area contributed by atoms with Gasteiger partial charge in [-0.05, 0) is 66.6 Å². The van der Waals surface area contributed by atoms with Crippen molar-refractivity contribution in [3.63, 3.8) is 0 Å². The first kappa shape index (κ1) is 20.7. The molecule has 3 aromatic rings. The second-order valence-corrected chi connectivity index (χ2v) is 8.16. The third-order valence-corrected chi connectivity index (χ3v) is 6.06. The first-order valence-corrected chi connectivity index (χ1v) is 10.6. The molecule has 0 saturated heterocycles. The third kappa shape index (κ3) is 3.93. The van der Waals surface area contributed by atoms with Gasteiger partial charge in [-0.25, -0.2) is 4.90 Å².